The highest BCUT2D eigenvalue weighted by Crippen LogP contribution is 2.53. The van der Waals surface area contributed by atoms with E-state index in [2.05, 4.69) is 10.2 Å². The van der Waals surface area contributed by atoms with Crippen molar-refractivity contribution in [2.24, 2.45) is 5.41 Å². The standard InChI is InChI=1S/C11H18N2O3/c14-8-9(12-10(15)16)7-13-5-3-11(1-2-11)4-6-13/h8-9,12H,1-7H2,(H,15,16). The molecule has 2 N–H and O–H groups in total. The van der Waals surface area contributed by atoms with Crippen LogP contribution in [0.2, 0.25) is 0 Å². The fourth-order valence-corrected chi connectivity index (χ4v) is 2.45. The molecule has 0 aromatic rings. The molecule has 1 amide bonds. The molecule has 5 heteroatoms. The van der Waals surface area contributed by atoms with Crippen LogP contribution in [-0.2, 0) is 4.79 Å². The number of carbonyl (C=O) groups excluding carboxylic acids is 1. The zero-order valence-corrected chi connectivity index (χ0v) is 9.32. The monoisotopic (exact) mass is 226 g/mol. The molecule has 1 atom stereocenters. The smallest absolute Gasteiger partial charge is 0.405 e. The molecule has 1 aliphatic heterocycles. The zero-order chi connectivity index (χ0) is 11.6. The number of hydrogen-bond acceptors (Lipinski definition) is 3. The molecule has 16 heavy (non-hydrogen) atoms. The Morgan fingerprint density at radius 1 is 1.38 bits per heavy atom. The van der Waals surface area contributed by atoms with Crippen LogP contribution in [0.25, 0.3) is 0 Å². The summed E-state index contributed by atoms with van der Waals surface area (Å²) in [5, 5.41) is 10.8. The molecule has 0 bridgehead atoms. The molecular formula is C11H18N2O3. The largest absolute Gasteiger partial charge is 0.465 e. The Labute approximate surface area is 94.8 Å². The normalized spacial score (nSPS) is 25.0. The van der Waals surface area contributed by atoms with Crippen molar-refractivity contribution in [1.29, 1.82) is 0 Å². The number of rotatable bonds is 4. The lowest BCUT2D eigenvalue weighted by molar-refractivity contribution is -0.110. The van der Waals surface area contributed by atoms with Crippen molar-refractivity contribution in [1.82, 2.24) is 10.2 Å². The first kappa shape index (κ1) is 11.4. The van der Waals surface area contributed by atoms with E-state index in [0.717, 1.165) is 13.1 Å². The number of piperidine rings is 1. The number of likely N-dealkylation sites (tertiary alicyclic amines) is 1. The Bertz CT molecular complexity index is 279. The van der Waals surface area contributed by atoms with Crippen molar-refractivity contribution < 1.29 is 14.7 Å². The minimum atomic E-state index is -1.13. The van der Waals surface area contributed by atoms with E-state index in [9.17, 15) is 9.59 Å². The van der Waals surface area contributed by atoms with Gasteiger partial charge in [0.15, 0.2) is 0 Å². The highest BCUT2D eigenvalue weighted by molar-refractivity contribution is 5.71. The van der Waals surface area contributed by atoms with Gasteiger partial charge in [-0.15, -0.1) is 0 Å². The predicted octanol–water partition coefficient (Wildman–Crippen LogP) is 0.697. The summed E-state index contributed by atoms with van der Waals surface area (Å²) in [4.78, 5) is 23.3. The summed E-state index contributed by atoms with van der Waals surface area (Å²) in [5.74, 6) is 0. The highest BCUT2D eigenvalue weighted by atomic mass is 16.4. The Kier molecular flexibility index (Phi) is 3.14. The van der Waals surface area contributed by atoms with Crippen molar-refractivity contribution in [3.8, 4) is 0 Å². The summed E-state index contributed by atoms with van der Waals surface area (Å²) >= 11 is 0. The predicted molar refractivity (Wildman–Crippen MR) is 58.4 cm³/mol. The number of nitrogens with zero attached hydrogens (tertiary/aromatic N) is 1. The van der Waals surface area contributed by atoms with Crippen LogP contribution in [0.3, 0.4) is 0 Å². The topological polar surface area (TPSA) is 69.6 Å². The first-order valence-corrected chi connectivity index (χ1v) is 5.81. The van der Waals surface area contributed by atoms with Crippen molar-refractivity contribution in [2.75, 3.05) is 19.6 Å². The van der Waals surface area contributed by atoms with E-state index < -0.39 is 12.1 Å². The van der Waals surface area contributed by atoms with Crippen LogP contribution in [-0.4, -0.2) is 48.1 Å². The van der Waals surface area contributed by atoms with Crippen LogP contribution < -0.4 is 5.32 Å². The van der Waals surface area contributed by atoms with E-state index >= 15 is 0 Å². The second-order valence-corrected chi connectivity index (χ2v) is 4.99. The van der Waals surface area contributed by atoms with Crippen molar-refractivity contribution in [3.05, 3.63) is 0 Å². The molecule has 1 saturated carbocycles. The lowest BCUT2D eigenvalue weighted by Gasteiger charge is -2.33. The van der Waals surface area contributed by atoms with Crippen molar-refractivity contribution >= 4 is 12.4 Å². The fourth-order valence-electron chi connectivity index (χ4n) is 2.45. The summed E-state index contributed by atoms with van der Waals surface area (Å²) in [7, 11) is 0. The van der Waals surface area contributed by atoms with E-state index in [-0.39, 0.29) is 0 Å². The van der Waals surface area contributed by atoms with E-state index in [1.807, 2.05) is 0 Å². The molecule has 5 nitrogen and oxygen atoms in total. The molecule has 0 radical (unpaired) electrons. The molecule has 1 saturated heterocycles. The third kappa shape index (κ3) is 2.72. The van der Waals surface area contributed by atoms with Gasteiger partial charge in [-0.25, -0.2) is 4.79 Å². The molecule has 2 rings (SSSR count). The van der Waals surface area contributed by atoms with Crippen molar-refractivity contribution in [3.63, 3.8) is 0 Å². The van der Waals surface area contributed by atoms with Gasteiger partial charge in [0.2, 0.25) is 0 Å². The quantitative estimate of drug-likeness (QED) is 0.692. The Morgan fingerprint density at radius 3 is 2.44 bits per heavy atom. The molecule has 1 aliphatic carbocycles. The summed E-state index contributed by atoms with van der Waals surface area (Å²) in [5.41, 5.74) is 0.618. The van der Waals surface area contributed by atoms with Crippen LogP contribution in [0.1, 0.15) is 25.7 Å². The maximum atomic E-state index is 10.7. The summed E-state index contributed by atoms with van der Waals surface area (Å²) in [6, 6.07) is -0.592. The van der Waals surface area contributed by atoms with E-state index in [1.165, 1.54) is 25.7 Å². The molecule has 2 aliphatic rings. The minimum absolute atomic E-state index is 0.506. The molecule has 0 aromatic carbocycles. The Hall–Kier alpha value is -1.10. The molecule has 90 valence electrons. The van der Waals surface area contributed by atoms with Gasteiger partial charge < -0.3 is 20.1 Å². The minimum Gasteiger partial charge on any atom is -0.465 e. The molecule has 1 unspecified atom stereocenters. The molecule has 1 heterocycles. The number of hydrogen-bond donors (Lipinski definition) is 2. The van der Waals surface area contributed by atoms with Gasteiger partial charge in [-0.3, -0.25) is 0 Å². The zero-order valence-electron chi connectivity index (χ0n) is 9.32. The SMILES string of the molecule is O=CC(CN1CCC2(CC1)CC2)NC(=O)O. The van der Waals surface area contributed by atoms with Gasteiger partial charge in [0, 0.05) is 6.54 Å². The lowest BCUT2D eigenvalue weighted by Crippen LogP contribution is -2.46. The number of carbonyl (C=O) groups is 2. The number of amides is 1. The highest BCUT2D eigenvalue weighted by Gasteiger charge is 2.44. The summed E-state index contributed by atoms with van der Waals surface area (Å²) < 4.78 is 0. The second-order valence-electron chi connectivity index (χ2n) is 4.99. The van der Waals surface area contributed by atoms with Crippen LogP contribution in [0.4, 0.5) is 4.79 Å². The van der Waals surface area contributed by atoms with Gasteiger partial charge in [-0.1, -0.05) is 0 Å². The van der Waals surface area contributed by atoms with Crippen molar-refractivity contribution in [2.45, 2.75) is 31.7 Å². The maximum absolute atomic E-state index is 10.7. The van der Waals surface area contributed by atoms with Crippen LogP contribution in [0, 0.1) is 5.41 Å². The average Bonchev–Trinajstić information content (AvgIpc) is 3.00. The maximum Gasteiger partial charge on any atom is 0.405 e. The first-order chi connectivity index (χ1) is 7.63. The Balaban J connectivity index is 1.75. The van der Waals surface area contributed by atoms with Crippen LogP contribution in [0.15, 0.2) is 0 Å². The molecule has 0 aromatic heterocycles. The van der Waals surface area contributed by atoms with Gasteiger partial charge in [0.05, 0.1) is 0 Å². The first-order valence-electron chi connectivity index (χ1n) is 5.81. The van der Waals surface area contributed by atoms with Gasteiger partial charge in [-0.2, -0.15) is 0 Å². The van der Waals surface area contributed by atoms with E-state index in [1.54, 1.807) is 0 Å². The van der Waals surface area contributed by atoms with Crippen LogP contribution in [0.5, 0.6) is 0 Å². The van der Waals surface area contributed by atoms with Gasteiger partial charge in [0.1, 0.15) is 12.3 Å². The lowest BCUT2D eigenvalue weighted by atomic mass is 9.93. The fraction of sp³-hybridized carbons (Fsp3) is 0.818. The molecule has 2 fully saturated rings. The summed E-state index contributed by atoms with van der Waals surface area (Å²) in [6.45, 7) is 2.49. The number of carboxylic acid groups (broad SMARTS) is 1. The van der Waals surface area contributed by atoms with E-state index in [4.69, 9.17) is 5.11 Å². The molecule has 1 spiro atoms. The number of aldehydes is 1. The van der Waals surface area contributed by atoms with Gasteiger partial charge in [0.25, 0.3) is 0 Å². The number of nitrogens with one attached hydrogen (secondary N) is 1. The Morgan fingerprint density at radius 2 is 2.00 bits per heavy atom. The van der Waals surface area contributed by atoms with E-state index in [0.29, 0.717) is 18.2 Å². The van der Waals surface area contributed by atoms with Gasteiger partial charge in [-0.05, 0) is 44.2 Å². The average molecular weight is 226 g/mol. The second kappa shape index (κ2) is 4.41. The van der Waals surface area contributed by atoms with Crippen LogP contribution >= 0.6 is 0 Å². The summed E-state index contributed by atoms with van der Waals surface area (Å²) in [6.07, 6.45) is 4.65. The third-order valence-electron chi connectivity index (χ3n) is 3.80. The third-order valence-corrected chi connectivity index (χ3v) is 3.80. The van der Waals surface area contributed by atoms with Gasteiger partial charge >= 0.3 is 6.09 Å². The molecular weight excluding hydrogens is 208 g/mol.